The molecule has 0 aromatic heterocycles. The second-order valence-corrected chi connectivity index (χ2v) is 4.07. The van der Waals surface area contributed by atoms with E-state index in [1.54, 1.807) is 13.8 Å². The van der Waals surface area contributed by atoms with Gasteiger partial charge < -0.3 is 4.74 Å². The first-order valence-corrected chi connectivity index (χ1v) is 5.35. The normalized spacial score (nSPS) is 12.6. The van der Waals surface area contributed by atoms with E-state index in [1.165, 1.54) is 0 Å². The molecule has 1 atom stereocenters. The van der Waals surface area contributed by atoms with Crippen molar-refractivity contribution in [2.75, 3.05) is 7.11 Å². The summed E-state index contributed by atoms with van der Waals surface area (Å²) >= 11 is 0. The topological polar surface area (TPSA) is 38.3 Å². The van der Waals surface area contributed by atoms with Gasteiger partial charge in [0.2, 0.25) is 0 Å². The third kappa shape index (κ3) is 3.22. The van der Waals surface area contributed by atoms with Crippen molar-refractivity contribution in [2.45, 2.75) is 25.9 Å². The highest BCUT2D eigenvalue weighted by Crippen LogP contribution is 2.22. The monoisotopic (exact) mass is 261 g/mol. The van der Waals surface area contributed by atoms with Gasteiger partial charge in [-0.2, -0.15) is 0 Å². The zero-order chi connectivity index (χ0) is 13.9. The van der Waals surface area contributed by atoms with Gasteiger partial charge in [-0.25, -0.2) is 18.0 Å². The van der Waals surface area contributed by atoms with Crippen LogP contribution in [-0.2, 0) is 9.53 Å². The lowest BCUT2D eigenvalue weighted by atomic mass is 10.0. The maximum Gasteiger partial charge on any atom is 0.327 e. The van der Waals surface area contributed by atoms with Crippen molar-refractivity contribution in [3.63, 3.8) is 0 Å². The van der Waals surface area contributed by atoms with E-state index in [2.05, 4.69) is 10.1 Å². The first-order chi connectivity index (χ1) is 8.36. The molecule has 1 rings (SSSR count). The quantitative estimate of drug-likeness (QED) is 0.667. The van der Waals surface area contributed by atoms with Gasteiger partial charge in [-0.1, -0.05) is 0 Å². The van der Waals surface area contributed by atoms with Gasteiger partial charge in [-0.05, 0) is 19.9 Å². The summed E-state index contributed by atoms with van der Waals surface area (Å²) in [6, 6.07) is -0.281. The molecule has 0 saturated heterocycles. The largest absolute Gasteiger partial charge is 0.468 e. The van der Waals surface area contributed by atoms with Crippen molar-refractivity contribution >= 4 is 5.97 Å². The molecule has 1 aromatic carbocycles. The minimum absolute atomic E-state index is 0.165. The highest BCUT2D eigenvalue weighted by atomic mass is 19.2. The van der Waals surface area contributed by atoms with E-state index in [9.17, 15) is 18.0 Å². The van der Waals surface area contributed by atoms with Gasteiger partial charge in [-0.15, -0.1) is 0 Å². The molecule has 0 heterocycles. The van der Waals surface area contributed by atoms with Gasteiger partial charge in [0, 0.05) is 17.7 Å². The number of esters is 1. The van der Waals surface area contributed by atoms with Crippen LogP contribution in [-0.4, -0.2) is 19.1 Å². The summed E-state index contributed by atoms with van der Waals surface area (Å²) in [6.07, 6.45) is 0. The summed E-state index contributed by atoms with van der Waals surface area (Å²) in [5.41, 5.74) is -0.283. The van der Waals surface area contributed by atoms with E-state index in [0.717, 1.165) is 7.11 Å². The summed E-state index contributed by atoms with van der Waals surface area (Å²) in [5.74, 6) is -4.29. The maximum absolute atomic E-state index is 13.6. The number of ether oxygens (including phenoxy) is 1. The van der Waals surface area contributed by atoms with Crippen LogP contribution in [0.3, 0.4) is 0 Å². The van der Waals surface area contributed by atoms with Crippen LogP contribution < -0.4 is 5.32 Å². The minimum Gasteiger partial charge on any atom is -0.468 e. The van der Waals surface area contributed by atoms with Crippen LogP contribution in [0, 0.1) is 17.5 Å². The second kappa shape index (κ2) is 5.86. The van der Waals surface area contributed by atoms with Crippen molar-refractivity contribution in [2.24, 2.45) is 0 Å². The zero-order valence-corrected chi connectivity index (χ0v) is 10.3. The van der Waals surface area contributed by atoms with E-state index < -0.39 is 29.5 Å². The van der Waals surface area contributed by atoms with Gasteiger partial charge in [0.15, 0.2) is 11.6 Å². The van der Waals surface area contributed by atoms with Gasteiger partial charge in [0.05, 0.1) is 7.11 Å². The standard InChI is InChI=1S/C12H14F3NO2/c1-6(2)16-11(12(17)18-3)7-4-9(14)10(15)5-8(7)13/h4-6,11,16H,1-3H3. The molecule has 0 radical (unpaired) electrons. The van der Waals surface area contributed by atoms with Gasteiger partial charge >= 0.3 is 5.97 Å². The molecule has 1 aromatic rings. The molecule has 0 spiro atoms. The molecule has 0 amide bonds. The van der Waals surface area contributed by atoms with Crippen molar-refractivity contribution < 1.29 is 22.7 Å². The smallest absolute Gasteiger partial charge is 0.327 e. The third-order valence-electron chi connectivity index (χ3n) is 2.29. The average molecular weight is 261 g/mol. The van der Waals surface area contributed by atoms with Crippen LogP contribution in [0.2, 0.25) is 0 Å². The van der Waals surface area contributed by atoms with Crippen molar-refractivity contribution in [3.05, 3.63) is 35.1 Å². The van der Waals surface area contributed by atoms with E-state index in [1.807, 2.05) is 0 Å². The number of hydrogen-bond acceptors (Lipinski definition) is 3. The van der Waals surface area contributed by atoms with E-state index in [0.29, 0.717) is 12.1 Å². The van der Waals surface area contributed by atoms with Crippen molar-refractivity contribution in [1.82, 2.24) is 5.32 Å². The number of halogens is 3. The molecule has 18 heavy (non-hydrogen) atoms. The second-order valence-electron chi connectivity index (χ2n) is 4.07. The Morgan fingerprint density at radius 1 is 1.17 bits per heavy atom. The number of methoxy groups -OCH3 is 1. The Kier molecular flexibility index (Phi) is 4.72. The minimum atomic E-state index is -1.30. The Labute approximate surface area is 103 Å². The Bertz CT molecular complexity index is 449. The highest BCUT2D eigenvalue weighted by molar-refractivity contribution is 5.77. The van der Waals surface area contributed by atoms with Crippen LogP contribution >= 0.6 is 0 Å². The van der Waals surface area contributed by atoms with E-state index in [4.69, 9.17) is 0 Å². The number of hydrogen-bond donors (Lipinski definition) is 1. The first-order valence-electron chi connectivity index (χ1n) is 5.35. The fraction of sp³-hybridized carbons (Fsp3) is 0.417. The lowest BCUT2D eigenvalue weighted by Crippen LogP contribution is -2.35. The summed E-state index contributed by atoms with van der Waals surface area (Å²) in [4.78, 5) is 11.5. The van der Waals surface area contributed by atoms with Crippen LogP contribution in [0.4, 0.5) is 13.2 Å². The molecule has 1 N–H and O–H groups in total. The molecule has 0 aliphatic carbocycles. The zero-order valence-electron chi connectivity index (χ0n) is 10.3. The Morgan fingerprint density at radius 2 is 1.72 bits per heavy atom. The van der Waals surface area contributed by atoms with Crippen LogP contribution in [0.5, 0.6) is 0 Å². The Hall–Kier alpha value is -1.56. The molecule has 100 valence electrons. The summed E-state index contributed by atoms with van der Waals surface area (Å²) in [7, 11) is 1.13. The summed E-state index contributed by atoms with van der Waals surface area (Å²) < 4.78 is 44.0. The lowest BCUT2D eigenvalue weighted by molar-refractivity contribution is -0.143. The number of benzene rings is 1. The average Bonchev–Trinajstić information content (AvgIpc) is 2.30. The highest BCUT2D eigenvalue weighted by Gasteiger charge is 2.26. The number of carbonyl (C=O) groups is 1. The predicted molar refractivity (Wildman–Crippen MR) is 59.3 cm³/mol. The summed E-state index contributed by atoms with van der Waals surface area (Å²) in [5, 5.41) is 2.73. The Morgan fingerprint density at radius 3 is 2.22 bits per heavy atom. The molecule has 3 nitrogen and oxygen atoms in total. The van der Waals surface area contributed by atoms with E-state index in [-0.39, 0.29) is 11.6 Å². The SMILES string of the molecule is COC(=O)C(NC(C)C)c1cc(F)c(F)cc1F. The lowest BCUT2D eigenvalue weighted by Gasteiger charge is -2.20. The summed E-state index contributed by atoms with van der Waals surface area (Å²) in [6.45, 7) is 3.46. The molecular weight excluding hydrogens is 247 g/mol. The molecule has 0 aliphatic rings. The first kappa shape index (κ1) is 14.5. The molecule has 6 heteroatoms. The molecule has 1 unspecified atom stereocenters. The fourth-order valence-electron chi connectivity index (χ4n) is 1.50. The van der Waals surface area contributed by atoms with E-state index >= 15 is 0 Å². The van der Waals surface area contributed by atoms with Crippen LogP contribution in [0.15, 0.2) is 12.1 Å². The third-order valence-corrected chi connectivity index (χ3v) is 2.29. The number of rotatable bonds is 4. The van der Waals surface area contributed by atoms with Gasteiger partial charge in [-0.3, -0.25) is 5.32 Å². The number of nitrogens with one attached hydrogen (secondary N) is 1. The molecule has 0 saturated carbocycles. The van der Waals surface area contributed by atoms with Crippen molar-refractivity contribution in [1.29, 1.82) is 0 Å². The molecule has 0 bridgehead atoms. The van der Waals surface area contributed by atoms with Crippen LogP contribution in [0.25, 0.3) is 0 Å². The van der Waals surface area contributed by atoms with Crippen LogP contribution in [0.1, 0.15) is 25.5 Å². The fourth-order valence-corrected chi connectivity index (χ4v) is 1.50. The van der Waals surface area contributed by atoms with Gasteiger partial charge in [0.1, 0.15) is 11.9 Å². The maximum atomic E-state index is 13.6. The molecule has 0 fully saturated rings. The Balaban J connectivity index is 3.20. The van der Waals surface area contributed by atoms with Crippen molar-refractivity contribution in [3.8, 4) is 0 Å². The number of carbonyl (C=O) groups excluding carboxylic acids is 1. The predicted octanol–water partition coefficient (Wildman–Crippen LogP) is 2.32. The molecule has 0 aliphatic heterocycles. The van der Waals surface area contributed by atoms with Gasteiger partial charge in [0.25, 0.3) is 0 Å². The molecular formula is C12H14F3NO2.